The Morgan fingerprint density at radius 1 is 1.15 bits per heavy atom. The summed E-state index contributed by atoms with van der Waals surface area (Å²) in [5, 5.41) is 5.95. The molecule has 1 unspecified atom stereocenters. The van der Waals surface area contributed by atoms with Crippen LogP contribution in [0.4, 0.5) is 26.3 Å². The summed E-state index contributed by atoms with van der Waals surface area (Å²) in [7, 11) is 0. The van der Waals surface area contributed by atoms with Gasteiger partial charge in [-0.3, -0.25) is 0 Å². The zero-order valence-electron chi connectivity index (χ0n) is 9.75. The molecule has 0 aliphatic carbocycles. The Labute approximate surface area is 108 Å². The third kappa shape index (κ3) is 3.20. The van der Waals surface area contributed by atoms with Crippen LogP contribution in [0.25, 0.3) is 0 Å². The van der Waals surface area contributed by atoms with Crippen LogP contribution < -0.4 is 5.32 Å². The highest BCUT2D eigenvalue weighted by atomic mass is 19.4. The van der Waals surface area contributed by atoms with Crippen LogP contribution >= 0.6 is 0 Å². The Bertz CT molecular complexity index is 437. The molecule has 1 aromatic rings. The van der Waals surface area contributed by atoms with Crippen molar-refractivity contribution in [3.8, 4) is 0 Å². The molecule has 2 rings (SSSR count). The first-order valence-corrected chi connectivity index (χ1v) is 5.47. The van der Waals surface area contributed by atoms with E-state index in [2.05, 4.69) is 20.0 Å². The fourth-order valence-corrected chi connectivity index (χ4v) is 1.70. The Hall–Kier alpha value is -1.36. The summed E-state index contributed by atoms with van der Waals surface area (Å²) in [5.41, 5.74) is 0. The first kappa shape index (κ1) is 15.0. The molecule has 1 aliphatic rings. The minimum absolute atomic E-state index is 0.0433. The van der Waals surface area contributed by atoms with Crippen LogP contribution in [-0.4, -0.2) is 42.3 Å². The van der Waals surface area contributed by atoms with Crippen LogP contribution in [0.2, 0.25) is 0 Å². The quantitative estimate of drug-likeness (QED) is 0.846. The molecule has 0 bridgehead atoms. The van der Waals surface area contributed by atoms with Gasteiger partial charge in [-0.2, -0.15) is 31.3 Å². The standard InChI is InChI=1S/C9H9F6N3O2/c10-8(11,12)5(9(13,14)15)7-17-6(18-20-7)4-3-19-2-1-16-4/h4-5,16H,1-3H2. The molecule has 1 aromatic heterocycles. The van der Waals surface area contributed by atoms with Gasteiger partial charge in [-0.1, -0.05) is 5.16 Å². The highest BCUT2D eigenvalue weighted by Gasteiger charge is 2.61. The third-order valence-corrected chi connectivity index (χ3v) is 2.59. The number of aromatic nitrogens is 2. The number of nitrogens with one attached hydrogen (secondary N) is 1. The maximum Gasteiger partial charge on any atom is 0.409 e. The van der Waals surface area contributed by atoms with Crippen LogP contribution in [0.15, 0.2) is 4.52 Å². The van der Waals surface area contributed by atoms with Crippen molar-refractivity contribution in [2.24, 2.45) is 0 Å². The lowest BCUT2D eigenvalue weighted by atomic mass is 10.1. The summed E-state index contributed by atoms with van der Waals surface area (Å²) in [4.78, 5) is 3.21. The zero-order chi connectivity index (χ0) is 15.0. The molecule has 114 valence electrons. The van der Waals surface area contributed by atoms with Gasteiger partial charge in [0.25, 0.3) is 0 Å². The van der Waals surface area contributed by atoms with Gasteiger partial charge in [-0.25, -0.2) is 0 Å². The van der Waals surface area contributed by atoms with E-state index in [4.69, 9.17) is 4.74 Å². The smallest absolute Gasteiger partial charge is 0.378 e. The van der Waals surface area contributed by atoms with Gasteiger partial charge in [0.15, 0.2) is 5.82 Å². The molecule has 1 aliphatic heterocycles. The SMILES string of the molecule is FC(F)(F)C(c1nc(C2COCCN2)no1)C(F)(F)F. The lowest BCUT2D eigenvalue weighted by Crippen LogP contribution is -2.36. The van der Waals surface area contributed by atoms with Crippen molar-refractivity contribution in [3.63, 3.8) is 0 Å². The summed E-state index contributed by atoms with van der Waals surface area (Å²) in [6, 6.07) is -0.691. The van der Waals surface area contributed by atoms with Gasteiger partial charge in [0, 0.05) is 6.54 Å². The zero-order valence-corrected chi connectivity index (χ0v) is 9.75. The first-order chi connectivity index (χ1) is 9.19. The van der Waals surface area contributed by atoms with Crippen LogP contribution in [0.1, 0.15) is 23.7 Å². The number of ether oxygens (including phenoxy) is 1. The topological polar surface area (TPSA) is 60.2 Å². The lowest BCUT2D eigenvalue weighted by Gasteiger charge is -2.21. The van der Waals surface area contributed by atoms with Crippen molar-refractivity contribution in [1.29, 1.82) is 0 Å². The molecule has 2 heterocycles. The lowest BCUT2D eigenvalue weighted by molar-refractivity contribution is -0.259. The Morgan fingerprint density at radius 3 is 2.30 bits per heavy atom. The van der Waals surface area contributed by atoms with Gasteiger partial charge in [0.05, 0.1) is 19.3 Å². The molecule has 1 N–H and O–H groups in total. The van der Waals surface area contributed by atoms with E-state index < -0.39 is 30.2 Å². The van der Waals surface area contributed by atoms with E-state index in [9.17, 15) is 26.3 Å². The maximum absolute atomic E-state index is 12.5. The Balaban J connectivity index is 2.25. The average Bonchev–Trinajstić information content (AvgIpc) is 2.75. The van der Waals surface area contributed by atoms with Gasteiger partial charge >= 0.3 is 12.4 Å². The molecule has 1 fully saturated rings. The second kappa shape index (κ2) is 5.20. The number of nitrogens with zero attached hydrogens (tertiary/aromatic N) is 2. The second-order valence-corrected chi connectivity index (χ2v) is 4.09. The summed E-state index contributed by atoms with van der Waals surface area (Å²) in [6.45, 7) is 0.813. The summed E-state index contributed by atoms with van der Waals surface area (Å²) in [6.07, 6.45) is -11.1. The van der Waals surface area contributed by atoms with Gasteiger partial charge in [-0.05, 0) is 0 Å². The summed E-state index contributed by atoms with van der Waals surface area (Å²) in [5.74, 6) is -5.61. The highest BCUT2D eigenvalue weighted by molar-refractivity contribution is 5.04. The van der Waals surface area contributed by atoms with Gasteiger partial charge in [-0.15, -0.1) is 0 Å². The second-order valence-electron chi connectivity index (χ2n) is 4.09. The van der Waals surface area contributed by atoms with Crippen molar-refractivity contribution in [1.82, 2.24) is 15.5 Å². The fourth-order valence-electron chi connectivity index (χ4n) is 1.70. The summed E-state index contributed by atoms with van der Waals surface area (Å²) >= 11 is 0. The fraction of sp³-hybridized carbons (Fsp3) is 0.778. The maximum atomic E-state index is 12.5. The average molecular weight is 305 g/mol. The minimum atomic E-state index is -5.56. The largest absolute Gasteiger partial charge is 0.409 e. The van der Waals surface area contributed by atoms with Crippen LogP contribution in [0.5, 0.6) is 0 Å². The van der Waals surface area contributed by atoms with Crippen molar-refractivity contribution in [2.75, 3.05) is 19.8 Å². The van der Waals surface area contributed by atoms with E-state index in [1.807, 2.05) is 0 Å². The minimum Gasteiger partial charge on any atom is -0.378 e. The number of rotatable bonds is 2. The molecular weight excluding hydrogens is 296 g/mol. The van der Waals surface area contributed by atoms with E-state index in [1.54, 1.807) is 0 Å². The Morgan fingerprint density at radius 2 is 1.80 bits per heavy atom. The van der Waals surface area contributed by atoms with Crippen molar-refractivity contribution >= 4 is 0 Å². The predicted octanol–water partition coefficient (Wildman–Crippen LogP) is 1.94. The molecule has 11 heteroatoms. The molecule has 1 saturated heterocycles. The number of hydrogen-bond donors (Lipinski definition) is 1. The van der Waals surface area contributed by atoms with Crippen molar-refractivity contribution < 1.29 is 35.6 Å². The molecule has 0 saturated carbocycles. The van der Waals surface area contributed by atoms with Crippen molar-refractivity contribution in [2.45, 2.75) is 24.3 Å². The number of alkyl halides is 6. The number of morpholine rings is 1. The first-order valence-electron chi connectivity index (χ1n) is 5.47. The molecule has 5 nitrogen and oxygen atoms in total. The van der Waals surface area contributed by atoms with E-state index in [0.29, 0.717) is 13.2 Å². The van der Waals surface area contributed by atoms with Crippen LogP contribution in [0.3, 0.4) is 0 Å². The van der Waals surface area contributed by atoms with E-state index in [0.717, 1.165) is 0 Å². The summed E-state index contributed by atoms with van der Waals surface area (Å²) < 4.78 is 83.9. The number of halogens is 6. The molecule has 0 aromatic carbocycles. The van der Waals surface area contributed by atoms with Crippen LogP contribution in [-0.2, 0) is 4.74 Å². The number of hydrogen-bond acceptors (Lipinski definition) is 5. The molecule has 0 spiro atoms. The molecule has 1 atom stereocenters. The van der Waals surface area contributed by atoms with Gasteiger partial charge in [0.2, 0.25) is 11.8 Å². The van der Waals surface area contributed by atoms with E-state index in [1.165, 1.54) is 0 Å². The molecule has 0 radical (unpaired) electrons. The molecular formula is C9H9F6N3O2. The predicted molar refractivity (Wildman–Crippen MR) is 50.7 cm³/mol. The normalized spacial score (nSPS) is 21.4. The molecule has 20 heavy (non-hydrogen) atoms. The van der Waals surface area contributed by atoms with Crippen molar-refractivity contribution in [3.05, 3.63) is 11.7 Å². The van der Waals surface area contributed by atoms with Gasteiger partial charge in [0.1, 0.15) is 0 Å². The third-order valence-electron chi connectivity index (χ3n) is 2.59. The molecule has 0 amide bonds. The van der Waals surface area contributed by atoms with Crippen LogP contribution in [0, 0.1) is 0 Å². The van der Waals surface area contributed by atoms with E-state index >= 15 is 0 Å². The monoisotopic (exact) mass is 305 g/mol. The van der Waals surface area contributed by atoms with Gasteiger partial charge < -0.3 is 14.6 Å². The highest BCUT2D eigenvalue weighted by Crippen LogP contribution is 2.45. The Kier molecular flexibility index (Phi) is 3.91. The van der Waals surface area contributed by atoms with E-state index in [-0.39, 0.29) is 12.4 Å².